The fraction of sp³-hybridized carbons (Fsp3) is 0.267. The van der Waals surface area contributed by atoms with Crippen molar-refractivity contribution in [2.24, 2.45) is 0 Å². The van der Waals surface area contributed by atoms with Crippen molar-refractivity contribution in [2.75, 3.05) is 13.2 Å². The van der Waals surface area contributed by atoms with Gasteiger partial charge in [0, 0.05) is 24.9 Å². The van der Waals surface area contributed by atoms with Crippen LogP contribution in [0.1, 0.15) is 52.0 Å². The summed E-state index contributed by atoms with van der Waals surface area (Å²) in [6.07, 6.45) is 1.84. The van der Waals surface area contributed by atoms with Crippen LogP contribution in [-0.4, -0.2) is 35.0 Å². The number of amides is 1. The van der Waals surface area contributed by atoms with Gasteiger partial charge >= 0.3 is 5.97 Å². The van der Waals surface area contributed by atoms with Gasteiger partial charge in [0.1, 0.15) is 0 Å². The number of benzene rings is 3. The maximum atomic E-state index is 13.9. The summed E-state index contributed by atoms with van der Waals surface area (Å²) in [5.74, 6) is -0.477. The fourth-order valence-corrected chi connectivity index (χ4v) is 5.13. The average molecular weight is 467 g/mol. The molecule has 35 heavy (non-hydrogen) atoms. The number of fused-ring (bicyclic) bond motifs is 3. The Bertz CT molecular complexity index is 1260. The molecule has 0 aromatic heterocycles. The highest BCUT2D eigenvalue weighted by molar-refractivity contribution is 5.97. The molecule has 0 spiro atoms. The molecule has 1 atom stereocenters. The monoisotopic (exact) mass is 466 g/mol. The number of hydrogen-bond donors (Lipinski definition) is 0. The Labute approximate surface area is 206 Å². The number of carbonyl (C=O) groups excluding carboxylic acids is 2. The summed E-state index contributed by atoms with van der Waals surface area (Å²) in [7, 11) is 0. The Morgan fingerprint density at radius 2 is 1.66 bits per heavy atom. The molecular formula is C30H30N2O3. The van der Waals surface area contributed by atoms with Gasteiger partial charge in [-0.1, -0.05) is 72.3 Å². The molecule has 5 heteroatoms. The maximum Gasteiger partial charge on any atom is 0.336 e. The van der Waals surface area contributed by atoms with Crippen LogP contribution in [0, 0.1) is 6.92 Å². The molecule has 0 radical (unpaired) electrons. The Kier molecular flexibility index (Phi) is 6.51. The van der Waals surface area contributed by atoms with E-state index in [4.69, 9.17) is 4.74 Å². The minimum atomic E-state index is -0.359. The number of aryl methyl sites for hydroxylation is 1. The van der Waals surface area contributed by atoms with Crippen LogP contribution in [0.25, 0.3) is 0 Å². The number of ether oxygens (including phenoxy) is 1. The minimum Gasteiger partial charge on any atom is -0.463 e. The average Bonchev–Trinajstić information content (AvgIpc) is 3.28. The van der Waals surface area contributed by atoms with E-state index in [9.17, 15) is 9.59 Å². The SMILES string of the molecule is CCOC(=O)/C(Cc1ccc(C)cc1)=C1\CC2c3ccccc3CCN2N1C(=O)c1ccccc1. The summed E-state index contributed by atoms with van der Waals surface area (Å²) in [6, 6.07) is 25.9. The predicted octanol–water partition coefficient (Wildman–Crippen LogP) is 5.42. The van der Waals surface area contributed by atoms with Gasteiger partial charge in [0.2, 0.25) is 0 Å². The molecule has 2 heterocycles. The smallest absolute Gasteiger partial charge is 0.336 e. The van der Waals surface area contributed by atoms with E-state index in [1.165, 1.54) is 11.1 Å². The van der Waals surface area contributed by atoms with E-state index >= 15 is 0 Å². The first-order valence-corrected chi connectivity index (χ1v) is 12.3. The van der Waals surface area contributed by atoms with Crippen LogP contribution >= 0.6 is 0 Å². The lowest BCUT2D eigenvalue weighted by Crippen LogP contribution is -2.45. The van der Waals surface area contributed by atoms with Crippen molar-refractivity contribution >= 4 is 11.9 Å². The highest BCUT2D eigenvalue weighted by Crippen LogP contribution is 2.45. The second kappa shape index (κ2) is 9.88. The van der Waals surface area contributed by atoms with Crippen LogP contribution in [0.5, 0.6) is 0 Å². The molecule has 178 valence electrons. The molecule has 3 aromatic carbocycles. The molecule has 1 amide bonds. The number of hydrazine groups is 1. The summed E-state index contributed by atoms with van der Waals surface area (Å²) in [5.41, 5.74) is 6.59. The molecule has 2 aliphatic heterocycles. The lowest BCUT2D eigenvalue weighted by atomic mass is 9.91. The Balaban J connectivity index is 1.64. The molecular weight excluding hydrogens is 436 g/mol. The zero-order valence-corrected chi connectivity index (χ0v) is 20.2. The molecule has 3 aromatic rings. The number of rotatable bonds is 5. The van der Waals surface area contributed by atoms with Gasteiger partial charge in [-0.3, -0.25) is 4.79 Å². The molecule has 1 fully saturated rings. The van der Waals surface area contributed by atoms with Crippen molar-refractivity contribution in [1.82, 2.24) is 10.0 Å². The fourth-order valence-electron chi connectivity index (χ4n) is 5.13. The molecule has 1 saturated heterocycles. The summed E-state index contributed by atoms with van der Waals surface area (Å²) in [4.78, 5) is 27.2. The predicted molar refractivity (Wildman–Crippen MR) is 135 cm³/mol. The van der Waals surface area contributed by atoms with Crippen LogP contribution < -0.4 is 0 Å². The van der Waals surface area contributed by atoms with Gasteiger partial charge in [0.15, 0.2) is 0 Å². The zero-order valence-electron chi connectivity index (χ0n) is 20.2. The number of esters is 1. The number of carbonyl (C=O) groups is 2. The van der Waals surface area contributed by atoms with Gasteiger partial charge in [-0.15, -0.1) is 0 Å². The van der Waals surface area contributed by atoms with Crippen LogP contribution in [-0.2, 0) is 22.4 Å². The molecule has 0 bridgehead atoms. The molecule has 5 nitrogen and oxygen atoms in total. The van der Waals surface area contributed by atoms with Gasteiger partial charge in [-0.05, 0) is 49.1 Å². The van der Waals surface area contributed by atoms with Crippen molar-refractivity contribution in [3.05, 3.63) is 118 Å². The first-order valence-electron chi connectivity index (χ1n) is 12.3. The van der Waals surface area contributed by atoms with Crippen LogP contribution in [0.15, 0.2) is 90.1 Å². The highest BCUT2D eigenvalue weighted by Gasteiger charge is 2.44. The van der Waals surface area contributed by atoms with E-state index in [0.29, 0.717) is 30.5 Å². The summed E-state index contributed by atoms with van der Waals surface area (Å²) in [6.45, 7) is 4.85. The third kappa shape index (κ3) is 4.52. The Morgan fingerprint density at radius 1 is 0.943 bits per heavy atom. The lowest BCUT2D eigenvalue weighted by Gasteiger charge is -2.36. The van der Waals surface area contributed by atoms with Crippen molar-refractivity contribution < 1.29 is 14.3 Å². The van der Waals surface area contributed by atoms with Crippen molar-refractivity contribution in [3.63, 3.8) is 0 Å². The molecule has 2 aliphatic rings. The normalized spacial score (nSPS) is 18.6. The molecule has 1 unspecified atom stereocenters. The molecule has 0 N–H and O–H groups in total. The van der Waals surface area contributed by atoms with Crippen LogP contribution in [0.2, 0.25) is 0 Å². The van der Waals surface area contributed by atoms with E-state index in [-0.39, 0.29) is 24.5 Å². The van der Waals surface area contributed by atoms with Crippen molar-refractivity contribution in [1.29, 1.82) is 0 Å². The van der Waals surface area contributed by atoms with E-state index in [1.807, 2.05) is 74.5 Å². The van der Waals surface area contributed by atoms with E-state index in [2.05, 4.69) is 23.2 Å². The Morgan fingerprint density at radius 3 is 2.40 bits per heavy atom. The van der Waals surface area contributed by atoms with E-state index in [0.717, 1.165) is 23.2 Å². The van der Waals surface area contributed by atoms with Gasteiger partial charge < -0.3 is 4.74 Å². The summed E-state index contributed by atoms with van der Waals surface area (Å²) < 4.78 is 5.52. The second-order valence-electron chi connectivity index (χ2n) is 9.12. The molecule has 0 aliphatic carbocycles. The third-order valence-electron chi connectivity index (χ3n) is 6.87. The zero-order chi connectivity index (χ0) is 24.4. The third-order valence-corrected chi connectivity index (χ3v) is 6.87. The largest absolute Gasteiger partial charge is 0.463 e. The Hall–Kier alpha value is -3.70. The van der Waals surface area contributed by atoms with Gasteiger partial charge in [0.05, 0.1) is 23.9 Å². The first kappa shape index (κ1) is 23.1. The number of hydrogen-bond acceptors (Lipinski definition) is 4. The molecule has 5 rings (SSSR count). The first-order chi connectivity index (χ1) is 17.1. The summed E-state index contributed by atoms with van der Waals surface area (Å²) >= 11 is 0. The number of nitrogens with zero attached hydrogens (tertiary/aromatic N) is 2. The van der Waals surface area contributed by atoms with Crippen molar-refractivity contribution in [3.8, 4) is 0 Å². The lowest BCUT2D eigenvalue weighted by molar-refractivity contribution is -0.138. The second-order valence-corrected chi connectivity index (χ2v) is 9.12. The minimum absolute atomic E-state index is 0.00468. The van der Waals surface area contributed by atoms with E-state index in [1.54, 1.807) is 5.01 Å². The van der Waals surface area contributed by atoms with Crippen molar-refractivity contribution in [2.45, 2.75) is 39.2 Å². The van der Waals surface area contributed by atoms with E-state index < -0.39 is 0 Å². The van der Waals surface area contributed by atoms with Gasteiger partial charge in [0.25, 0.3) is 5.91 Å². The van der Waals surface area contributed by atoms with Crippen LogP contribution in [0.4, 0.5) is 0 Å². The van der Waals surface area contributed by atoms with Gasteiger partial charge in [-0.2, -0.15) is 0 Å². The van der Waals surface area contributed by atoms with Crippen LogP contribution in [0.3, 0.4) is 0 Å². The topological polar surface area (TPSA) is 49.9 Å². The maximum absolute atomic E-state index is 13.9. The van der Waals surface area contributed by atoms with Gasteiger partial charge in [-0.25, -0.2) is 14.8 Å². The molecule has 0 saturated carbocycles. The standard InChI is InChI=1S/C30H30N2O3/c1-3-35-30(34)26(19-22-15-13-21(2)14-16-22)28-20-27-25-12-8-7-9-23(25)17-18-31(27)32(28)29(33)24-10-5-4-6-11-24/h4-16,27H,3,17-20H2,1-2H3/b28-26+. The summed E-state index contributed by atoms with van der Waals surface area (Å²) in [5, 5.41) is 3.90. The highest BCUT2D eigenvalue weighted by atomic mass is 16.5. The quantitative estimate of drug-likeness (QED) is 0.372.